The smallest absolute Gasteiger partial charge is 0.270 e. The first-order valence-electron chi connectivity index (χ1n) is 6.71. The van der Waals surface area contributed by atoms with Gasteiger partial charge in [0.15, 0.2) is 0 Å². The van der Waals surface area contributed by atoms with Gasteiger partial charge in [-0.1, -0.05) is 29.8 Å². The Hall–Kier alpha value is -2.70. The van der Waals surface area contributed by atoms with Crippen LogP contribution in [0.2, 0.25) is 5.02 Å². The number of halogens is 1. The number of non-ortho nitro benzene ring substituents is 1. The van der Waals surface area contributed by atoms with Gasteiger partial charge in [0.25, 0.3) is 11.6 Å². The zero-order valence-electron chi connectivity index (χ0n) is 11.8. The van der Waals surface area contributed by atoms with Crippen molar-refractivity contribution in [2.45, 2.75) is 6.61 Å². The van der Waals surface area contributed by atoms with Crippen LogP contribution < -0.4 is 0 Å². The summed E-state index contributed by atoms with van der Waals surface area (Å²) < 4.78 is 1.34. The third kappa shape index (κ3) is 2.58. The standard InChI is InChI=1S/C16H11ClN2O4/c17-14-6-5-11(19(22)23)7-13(14)16(21)18-8-10(9-20)12-3-1-2-4-15(12)18/h1-8,20H,9H2. The fraction of sp³-hybridized carbons (Fsp3) is 0.0625. The fourth-order valence-corrected chi connectivity index (χ4v) is 2.66. The molecule has 3 rings (SSSR count). The molecule has 0 aliphatic heterocycles. The van der Waals surface area contributed by atoms with Crippen LogP contribution in [-0.2, 0) is 6.61 Å². The second-order valence-electron chi connectivity index (χ2n) is 4.93. The highest BCUT2D eigenvalue weighted by Gasteiger charge is 2.20. The Bertz CT molecular complexity index is 933. The number of nitro benzene ring substituents is 1. The van der Waals surface area contributed by atoms with Crippen molar-refractivity contribution in [2.75, 3.05) is 0 Å². The number of benzene rings is 2. The molecule has 6 nitrogen and oxygen atoms in total. The van der Waals surface area contributed by atoms with E-state index in [4.69, 9.17) is 11.6 Å². The van der Waals surface area contributed by atoms with Crippen LogP contribution in [0.25, 0.3) is 10.9 Å². The molecule has 0 radical (unpaired) electrons. The van der Waals surface area contributed by atoms with E-state index in [1.165, 1.54) is 22.9 Å². The van der Waals surface area contributed by atoms with E-state index in [0.29, 0.717) is 11.1 Å². The first-order valence-corrected chi connectivity index (χ1v) is 7.09. The van der Waals surface area contributed by atoms with Crippen LogP contribution >= 0.6 is 11.6 Å². The van der Waals surface area contributed by atoms with Crippen LogP contribution in [0.4, 0.5) is 5.69 Å². The minimum Gasteiger partial charge on any atom is -0.392 e. The van der Waals surface area contributed by atoms with Crippen LogP contribution in [0.15, 0.2) is 48.7 Å². The summed E-state index contributed by atoms with van der Waals surface area (Å²) in [6, 6.07) is 10.8. The van der Waals surface area contributed by atoms with E-state index in [9.17, 15) is 20.0 Å². The molecule has 7 heteroatoms. The molecule has 0 spiro atoms. The van der Waals surface area contributed by atoms with Crippen LogP contribution in [0.1, 0.15) is 15.9 Å². The van der Waals surface area contributed by atoms with E-state index in [-0.39, 0.29) is 22.9 Å². The van der Waals surface area contributed by atoms with Crippen molar-refractivity contribution in [2.24, 2.45) is 0 Å². The lowest BCUT2D eigenvalue weighted by atomic mass is 10.1. The molecule has 0 amide bonds. The average Bonchev–Trinajstić information content (AvgIpc) is 2.93. The maximum atomic E-state index is 12.8. The van der Waals surface area contributed by atoms with Crippen molar-refractivity contribution < 1.29 is 14.8 Å². The van der Waals surface area contributed by atoms with Crippen LogP contribution in [0.3, 0.4) is 0 Å². The van der Waals surface area contributed by atoms with Gasteiger partial charge in [0, 0.05) is 29.3 Å². The number of aliphatic hydroxyl groups is 1. The van der Waals surface area contributed by atoms with Gasteiger partial charge in [-0.05, 0) is 12.1 Å². The lowest BCUT2D eigenvalue weighted by molar-refractivity contribution is -0.384. The van der Waals surface area contributed by atoms with E-state index in [1.807, 2.05) is 0 Å². The lowest BCUT2D eigenvalue weighted by Crippen LogP contribution is -2.11. The number of para-hydroxylation sites is 1. The first kappa shape index (κ1) is 15.2. The molecule has 116 valence electrons. The number of fused-ring (bicyclic) bond motifs is 1. The van der Waals surface area contributed by atoms with Crippen molar-refractivity contribution >= 4 is 34.1 Å². The maximum Gasteiger partial charge on any atom is 0.270 e. The van der Waals surface area contributed by atoms with Gasteiger partial charge in [-0.25, -0.2) is 0 Å². The number of nitrogens with zero attached hydrogens (tertiary/aromatic N) is 2. The van der Waals surface area contributed by atoms with Gasteiger partial charge in [0.2, 0.25) is 0 Å². The van der Waals surface area contributed by atoms with Gasteiger partial charge in [-0.3, -0.25) is 19.5 Å². The summed E-state index contributed by atoms with van der Waals surface area (Å²) in [5.41, 5.74) is 1.02. The SMILES string of the molecule is O=C(c1cc([N+](=O)[O-])ccc1Cl)n1cc(CO)c2ccccc21. The molecule has 1 N–H and O–H groups in total. The van der Waals surface area contributed by atoms with Crippen LogP contribution in [0.5, 0.6) is 0 Å². The van der Waals surface area contributed by atoms with Gasteiger partial charge in [-0.15, -0.1) is 0 Å². The summed E-state index contributed by atoms with van der Waals surface area (Å²) in [4.78, 5) is 23.1. The van der Waals surface area contributed by atoms with Crippen molar-refractivity contribution in [3.63, 3.8) is 0 Å². The zero-order chi connectivity index (χ0) is 16.6. The number of aromatic nitrogens is 1. The number of hydrogen-bond donors (Lipinski definition) is 1. The average molecular weight is 331 g/mol. The van der Waals surface area contributed by atoms with Gasteiger partial charge in [0.1, 0.15) is 0 Å². The largest absolute Gasteiger partial charge is 0.392 e. The molecule has 23 heavy (non-hydrogen) atoms. The number of carbonyl (C=O) groups is 1. The number of nitro groups is 1. The molecular formula is C16H11ClN2O4. The molecule has 1 aromatic heterocycles. The van der Waals surface area contributed by atoms with Gasteiger partial charge in [-0.2, -0.15) is 0 Å². The Kier molecular flexibility index (Phi) is 3.85. The highest BCUT2D eigenvalue weighted by Crippen LogP contribution is 2.26. The summed E-state index contributed by atoms with van der Waals surface area (Å²) in [6.45, 7) is -0.219. The minimum absolute atomic E-state index is 0.0334. The molecule has 0 unspecified atom stereocenters. The molecule has 3 aromatic rings. The van der Waals surface area contributed by atoms with Crippen LogP contribution in [0, 0.1) is 10.1 Å². The van der Waals surface area contributed by atoms with E-state index < -0.39 is 10.8 Å². The summed E-state index contributed by atoms with van der Waals surface area (Å²) in [6.07, 6.45) is 1.52. The van der Waals surface area contributed by atoms with Crippen LogP contribution in [-0.4, -0.2) is 20.5 Å². The summed E-state index contributed by atoms with van der Waals surface area (Å²) >= 11 is 6.03. The zero-order valence-corrected chi connectivity index (χ0v) is 12.5. The topological polar surface area (TPSA) is 85.4 Å². The molecule has 2 aromatic carbocycles. The number of aliphatic hydroxyl groups excluding tert-OH is 1. The fourth-order valence-electron chi connectivity index (χ4n) is 2.46. The number of rotatable bonds is 3. The molecular weight excluding hydrogens is 320 g/mol. The van der Waals surface area contributed by atoms with Gasteiger partial charge in [0.05, 0.1) is 27.6 Å². The summed E-state index contributed by atoms with van der Waals surface area (Å²) in [5.74, 6) is -0.491. The lowest BCUT2D eigenvalue weighted by Gasteiger charge is -2.06. The van der Waals surface area contributed by atoms with Crippen molar-refractivity contribution in [1.29, 1.82) is 0 Å². The molecule has 0 saturated heterocycles. The Labute approximate surface area is 135 Å². The van der Waals surface area contributed by atoms with E-state index >= 15 is 0 Å². The van der Waals surface area contributed by atoms with Crippen molar-refractivity contribution in [3.8, 4) is 0 Å². The second kappa shape index (κ2) is 5.83. The molecule has 0 saturated carbocycles. The Morgan fingerprint density at radius 3 is 2.70 bits per heavy atom. The third-order valence-electron chi connectivity index (χ3n) is 3.57. The second-order valence-corrected chi connectivity index (χ2v) is 5.33. The Balaban J connectivity index is 2.18. The quantitative estimate of drug-likeness (QED) is 0.589. The van der Waals surface area contributed by atoms with E-state index in [2.05, 4.69) is 0 Å². The predicted molar refractivity (Wildman–Crippen MR) is 85.7 cm³/mol. The molecule has 0 aliphatic rings. The summed E-state index contributed by atoms with van der Waals surface area (Å²) in [7, 11) is 0. The van der Waals surface area contributed by atoms with E-state index in [0.717, 1.165) is 11.5 Å². The normalized spacial score (nSPS) is 10.9. The Morgan fingerprint density at radius 1 is 1.26 bits per heavy atom. The van der Waals surface area contributed by atoms with Crippen molar-refractivity contribution in [1.82, 2.24) is 4.57 Å². The van der Waals surface area contributed by atoms with E-state index in [1.54, 1.807) is 24.3 Å². The third-order valence-corrected chi connectivity index (χ3v) is 3.90. The first-order chi connectivity index (χ1) is 11.0. The maximum absolute atomic E-state index is 12.8. The molecule has 0 bridgehead atoms. The molecule has 0 aliphatic carbocycles. The monoisotopic (exact) mass is 330 g/mol. The van der Waals surface area contributed by atoms with Crippen molar-refractivity contribution in [3.05, 3.63) is 74.9 Å². The molecule has 0 fully saturated rings. The number of hydrogen-bond acceptors (Lipinski definition) is 4. The Morgan fingerprint density at radius 2 is 2.00 bits per heavy atom. The predicted octanol–water partition coefficient (Wildman–Crippen LogP) is 3.38. The van der Waals surface area contributed by atoms with Gasteiger partial charge >= 0.3 is 0 Å². The highest BCUT2D eigenvalue weighted by atomic mass is 35.5. The molecule has 0 atom stereocenters. The summed E-state index contributed by atoms with van der Waals surface area (Å²) in [5, 5.41) is 21.2. The molecule has 1 heterocycles. The highest BCUT2D eigenvalue weighted by molar-refractivity contribution is 6.34. The van der Waals surface area contributed by atoms with Gasteiger partial charge < -0.3 is 5.11 Å². The minimum atomic E-state index is -0.583. The number of carbonyl (C=O) groups excluding carboxylic acids is 1.